The fraction of sp³-hybridized carbons (Fsp3) is 0.238. The van der Waals surface area contributed by atoms with Crippen LogP contribution in [-0.4, -0.2) is 34.7 Å². The molecule has 0 unspecified atom stereocenters. The van der Waals surface area contributed by atoms with E-state index >= 15 is 0 Å². The van der Waals surface area contributed by atoms with Crippen LogP contribution in [0.3, 0.4) is 0 Å². The number of ether oxygens (including phenoxy) is 1. The molecule has 5 nitrogen and oxygen atoms in total. The summed E-state index contributed by atoms with van der Waals surface area (Å²) < 4.78 is 5.17. The molecular weight excluding hydrogens is 360 g/mol. The molecule has 1 saturated heterocycles. The minimum atomic E-state index is -0.0933. The van der Waals surface area contributed by atoms with Gasteiger partial charge in [-0.15, -0.1) is 0 Å². The zero-order chi connectivity index (χ0) is 19.4. The Labute approximate surface area is 163 Å². The van der Waals surface area contributed by atoms with Gasteiger partial charge in [-0.25, -0.2) is 4.99 Å². The van der Waals surface area contributed by atoms with E-state index in [0.717, 1.165) is 11.4 Å². The summed E-state index contributed by atoms with van der Waals surface area (Å²) in [6, 6.07) is 14.4. The zero-order valence-corrected chi connectivity index (χ0v) is 16.4. The number of hydrogen-bond donors (Lipinski definition) is 1. The van der Waals surface area contributed by atoms with Gasteiger partial charge in [0.05, 0.1) is 17.7 Å². The molecule has 140 valence electrons. The van der Waals surface area contributed by atoms with Crippen molar-refractivity contribution in [2.24, 2.45) is 10.9 Å². The summed E-state index contributed by atoms with van der Waals surface area (Å²) in [5, 5.41) is 10.6. The quantitative estimate of drug-likeness (QED) is 0.764. The van der Waals surface area contributed by atoms with Gasteiger partial charge in [0, 0.05) is 12.1 Å². The molecule has 1 aliphatic rings. The van der Waals surface area contributed by atoms with Crippen LogP contribution in [0.2, 0.25) is 0 Å². The number of hydrogen-bond acceptors (Lipinski definition) is 5. The largest absolute Gasteiger partial charge is 0.507 e. The molecule has 1 heterocycles. The third-order valence-electron chi connectivity index (χ3n) is 3.96. The highest BCUT2D eigenvalue weighted by atomic mass is 32.2. The Morgan fingerprint density at radius 3 is 2.52 bits per heavy atom. The van der Waals surface area contributed by atoms with Crippen LogP contribution in [0.25, 0.3) is 6.08 Å². The summed E-state index contributed by atoms with van der Waals surface area (Å²) in [4.78, 5) is 19.8. The van der Waals surface area contributed by atoms with E-state index in [1.807, 2.05) is 30.3 Å². The fourth-order valence-corrected chi connectivity index (χ4v) is 3.63. The van der Waals surface area contributed by atoms with Crippen molar-refractivity contribution in [1.29, 1.82) is 0 Å². The van der Waals surface area contributed by atoms with Crippen LogP contribution in [-0.2, 0) is 4.79 Å². The summed E-state index contributed by atoms with van der Waals surface area (Å²) in [6.45, 7) is 4.71. The second-order valence-electron chi connectivity index (χ2n) is 6.57. The fourth-order valence-electron chi connectivity index (χ4n) is 2.64. The zero-order valence-electron chi connectivity index (χ0n) is 15.5. The number of carbonyl (C=O) groups excluding carboxylic acids is 1. The van der Waals surface area contributed by atoms with Crippen molar-refractivity contribution in [3.05, 3.63) is 59.0 Å². The molecule has 0 atom stereocenters. The maximum atomic E-state index is 12.9. The van der Waals surface area contributed by atoms with Crippen molar-refractivity contribution < 1.29 is 14.6 Å². The SMILES string of the molecule is COc1ccc(N=C2SC(=Cc3ccccc3O)C(=O)N2CC(C)C)cc1. The van der Waals surface area contributed by atoms with E-state index < -0.39 is 0 Å². The number of carbonyl (C=O) groups is 1. The minimum Gasteiger partial charge on any atom is -0.507 e. The van der Waals surface area contributed by atoms with Gasteiger partial charge >= 0.3 is 0 Å². The molecule has 2 aromatic carbocycles. The van der Waals surface area contributed by atoms with E-state index in [-0.39, 0.29) is 11.7 Å². The number of para-hydroxylation sites is 1. The Balaban J connectivity index is 1.95. The average Bonchev–Trinajstić information content (AvgIpc) is 2.92. The molecule has 0 radical (unpaired) electrons. The number of nitrogens with zero attached hydrogens (tertiary/aromatic N) is 2. The van der Waals surface area contributed by atoms with Gasteiger partial charge in [-0.3, -0.25) is 9.69 Å². The number of aliphatic imine (C=N–C) groups is 1. The number of rotatable bonds is 5. The molecule has 0 saturated carbocycles. The molecule has 6 heteroatoms. The molecule has 0 spiro atoms. The standard InChI is InChI=1S/C21H22N2O3S/c1-14(2)13-23-20(25)19(12-15-6-4-5-7-18(15)24)27-21(23)22-16-8-10-17(26-3)11-9-16/h4-12,14,24H,13H2,1-3H3. The Morgan fingerprint density at radius 1 is 1.19 bits per heavy atom. The number of amides is 1. The first kappa shape index (κ1) is 19.0. The third-order valence-corrected chi connectivity index (χ3v) is 4.96. The molecule has 1 amide bonds. The second-order valence-corrected chi connectivity index (χ2v) is 7.58. The lowest BCUT2D eigenvalue weighted by molar-refractivity contribution is -0.122. The van der Waals surface area contributed by atoms with Gasteiger partial charge in [0.25, 0.3) is 5.91 Å². The van der Waals surface area contributed by atoms with Crippen LogP contribution in [0.15, 0.2) is 58.4 Å². The highest BCUT2D eigenvalue weighted by molar-refractivity contribution is 8.18. The first-order chi connectivity index (χ1) is 13.0. The lowest BCUT2D eigenvalue weighted by Crippen LogP contribution is -2.32. The van der Waals surface area contributed by atoms with Crippen LogP contribution < -0.4 is 4.74 Å². The normalized spacial score (nSPS) is 17.3. The molecule has 1 aliphatic heterocycles. The van der Waals surface area contributed by atoms with Crippen molar-refractivity contribution in [3.8, 4) is 11.5 Å². The summed E-state index contributed by atoms with van der Waals surface area (Å²) in [5.74, 6) is 1.12. The topological polar surface area (TPSA) is 62.1 Å². The maximum Gasteiger partial charge on any atom is 0.266 e. The molecule has 1 N–H and O–H groups in total. The molecule has 2 aromatic rings. The van der Waals surface area contributed by atoms with Crippen molar-refractivity contribution >= 4 is 34.6 Å². The van der Waals surface area contributed by atoms with Crippen LogP contribution in [0.4, 0.5) is 5.69 Å². The molecule has 27 heavy (non-hydrogen) atoms. The predicted molar refractivity (Wildman–Crippen MR) is 110 cm³/mol. The Bertz CT molecular complexity index is 889. The summed E-state index contributed by atoms with van der Waals surface area (Å²) in [7, 11) is 1.62. The van der Waals surface area contributed by atoms with Gasteiger partial charge in [-0.2, -0.15) is 0 Å². The van der Waals surface area contributed by atoms with Crippen LogP contribution >= 0.6 is 11.8 Å². The number of amidine groups is 1. The number of thioether (sulfide) groups is 1. The van der Waals surface area contributed by atoms with E-state index in [4.69, 9.17) is 4.74 Å². The Morgan fingerprint density at radius 2 is 1.89 bits per heavy atom. The third kappa shape index (κ3) is 4.52. The van der Waals surface area contributed by atoms with Gasteiger partial charge in [0.15, 0.2) is 5.17 Å². The lowest BCUT2D eigenvalue weighted by Gasteiger charge is -2.17. The Hall–Kier alpha value is -2.73. The van der Waals surface area contributed by atoms with Gasteiger partial charge in [0.2, 0.25) is 0 Å². The molecule has 0 aromatic heterocycles. The van der Waals surface area contributed by atoms with Crippen LogP contribution in [0.5, 0.6) is 11.5 Å². The van der Waals surface area contributed by atoms with Crippen LogP contribution in [0.1, 0.15) is 19.4 Å². The number of benzene rings is 2. The van der Waals surface area contributed by atoms with E-state index in [0.29, 0.717) is 28.1 Å². The number of phenols is 1. The van der Waals surface area contributed by atoms with Gasteiger partial charge in [-0.05, 0) is 54.1 Å². The number of methoxy groups -OCH3 is 1. The van der Waals surface area contributed by atoms with Gasteiger partial charge in [0.1, 0.15) is 11.5 Å². The van der Waals surface area contributed by atoms with Crippen molar-refractivity contribution in [1.82, 2.24) is 4.90 Å². The molecule has 0 aliphatic carbocycles. The van der Waals surface area contributed by atoms with E-state index in [9.17, 15) is 9.90 Å². The molecule has 1 fully saturated rings. The van der Waals surface area contributed by atoms with Crippen molar-refractivity contribution in [3.63, 3.8) is 0 Å². The first-order valence-corrected chi connectivity index (χ1v) is 9.51. The van der Waals surface area contributed by atoms with E-state index in [1.54, 1.807) is 36.3 Å². The highest BCUT2D eigenvalue weighted by Crippen LogP contribution is 2.36. The minimum absolute atomic E-state index is 0.0933. The van der Waals surface area contributed by atoms with Crippen molar-refractivity contribution in [2.45, 2.75) is 13.8 Å². The first-order valence-electron chi connectivity index (χ1n) is 8.70. The summed E-state index contributed by atoms with van der Waals surface area (Å²) >= 11 is 1.32. The van der Waals surface area contributed by atoms with Gasteiger partial charge in [-0.1, -0.05) is 32.0 Å². The van der Waals surface area contributed by atoms with Crippen LogP contribution in [0, 0.1) is 5.92 Å². The van der Waals surface area contributed by atoms with Gasteiger partial charge < -0.3 is 9.84 Å². The summed E-state index contributed by atoms with van der Waals surface area (Å²) in [6.07, 6.45) is 1.71. The molecular formula is C21H22N2O3S. The average molecular weight is 382 g/mol. The Kier molecular flexibility index (Phi) is 5.86. The summed E-state index contributed by atoms with van der Waals surface area (Å²) in [5.41, 5.74) is 1.37. The van der Waals surface area contributed by atoms with E-state index in [1.165, 1.54) is 11.8 Å². The highest BCUT2D eigenvalue weighted by Gasteiger charge is 2.33. The number of phenolic OH excluding ortho intramolecular Hbond substituents is 1. The monoisotopic (exact) mass is 382 g/mol. The second kappa shape index (κ2) is 8.31. The maximum absolute atomic E-state index is 12.9. The van der Waals surface area contributed by atoms with Crippen molar-refractivity contribution in [2.75, 3.05) is 13.7 Å². The lowest BCUT2D eigenvalue weighted by atomic mass is 10.1. The molecule has 3 rings (SSSR count). The predicted octanol–water partition coefficient (Wildman–Crippen LogP) is 4.66. The number of aromatic hydroxyl groups is 1. The van der Waals surface area contributed by atoms with E-state index in [2.05, 4.69) is 18.8 Å². The molecule has 0 bridgehead atoms. The smallest absolute Gasteiger partial charge is 0.266 e.